The number of rotatable bonds is 10. The van der Waals surface area contributed by atoms with E-state index in [1.54, 1.807) is 24.3 Å². The number of carboxylic acids is 1. The summed E-state index contributed by atoms with van der Waals surface area (Å²) in [5.74, 6) is -0.919. The first-order valence-corrected chi connectivity index (χ1v) is 7.61. The highest BCUT2D eigenvalue weighted by atomic mass is 16.4. The molecule has 3 amide bonds. The molecule has 23 heavy (non-hydrogen) atoms. The fourth-order valence-corrected chi connectivity index (χ4v) is 2.02. The minimum atomic E-state index is -0.771. The number of primary amides is 1. The van der Waals surface area contributed by atoms with E-state index in [9.17, 15) is 14.4 Å². The minimum absolute atomic E-state index is 0.148. The lowest BCUT2D eigenvalue weighted by atomic mass is 10.1. The Bertz CT molecular complexity index is 529. The molecule has 0 saturated carbocycles. The summed E-state index contributed by atoms with van der Waals surface area (Å²) < 4.78 is 0. The average Bonchev–Trinajstić information content (AvgIpc) is 2.52. The molecule has 0 fully saturated rings. The summed E-state index contributed by atoms with van der Waals surface area (Å²) in [7, 11) is 0. The Labute approximate surface area is 135 Å². The molecule has 0 saturated heterocycles. The van der Waals surface area contributed by atoms with Crippen molar-refractivity contribution >= 4 is 17.9 Å². The van der Waals surface area contributed by atoms with Crippen molar-refractivity contribution in [1.29, 1.82) is 0 Å². The molecule has 0 spiro atoms. The molecule has 0 bridgehead atoms. The lowest BCUT2D eigenvalue weighted by Gasteiger charge is -2.06. The van der Waals surface area contributed by atoms with Crippen LogP contribution in [0.25, 0.3) is 0 Å². The summed E-state index contributed by atoms with van der Waals surface area (Å²) in [6.07, 6.45) is 3.44. The number of unbranched alkanes of at least 4 members (excludes halogenated alkanes) is 3. The molecule has 126 valence electrons. The first-order valence-electron chi connectivity index (χ1n) is 7.61. The second-order valence-electron chi connectivity index (χ2n) is 5.23. The number of nitrogens with two attached hydrogens (primary N) is 1. The van der Waals surface area contributed by atoms with Gasteiger partial charge in [-0.1, -0.05) is 25.0 Å². The molecule has 7 nitrogen and oxygen atoms in total. The number of amides is 3. The maximum absolute atomic E-state index is 11.9. The number of carbonyl (C=O) groups excluding carboxylic acids is 2. The molecule has 5 N–H and O–H groups in total. The average molecular weight is 321 g/mol. The van der Waals surface area contributed by atoms with Crippen LogP contribution in [0.15, 0.2) is 24.3 Å². The molecule has 0 aromatic heterocycles. The molecule has 0 aliphatic heterocycles. The van der Waals surface area contributed by atoms with Gasteiger partial charge in [0.15, 0.2) is 0 Å². The molecule has 0 heterocycles. The number of nitrogens with one attached hydrogen (secondary N) is 2. The monoisotopic (exact) mass is 321 g/mol. The van der Waals surface area contributed by atoms with Gasteiger partial charge in [0.2, 0.25) is 0 Å². The smallest absolute Gasteiger partial charge is 0.312 e. The van der Waals surface area contributed by atoms with Crippen LogP contribution in [0, 0.1) is 0 Å². The summed E-state index contributed by atoms with van der Waals surface area (Å²) in [5.41, 5.74) is 6.40. The lowest BCUT2D eigenvalue weighted by Crippen LogP contribution is -2.28. The van der Waals surface area contributed by atoms with E-state index in [0.717, 1.165) is 24.8 Å². The Hall–Kier alpha value is -2.57. The summed E-state index contributed by atoms with van der Waals surface area (Å²) in [6.45, 7) is 0.893. The van der Waals surface area contributed by atoms with Crippen molar-refractivity contribution in [2.75, 3.05) is 6.54 Å². The molecular weight excluding hydrogens is 298 g/mol. The Morgan fingerprint density at radius 2 is 1.61 bits per heavy atom. The van der Waals surface area contributed by atoms with Crippen LogP contribution >= 0.6 is 0 Å². The van der Waals surface area contributed by atoms with Gasteiger partial charge < -0.3 is 21.5 Å². The van der Waals surface area contributed by atoms with Gasteiger partial charge in [-0.3, -0.25) is 9.59 Å². The number of hydrogen-bond donors (Lipinski definition) is 4. The maximum atomic E-state index is 11.9. The van der Waals surface area contributed by atoms with E-state index >= 15 is 0 Å². The fraction of sp³-hybridized carbons (Fsp3) is 0.438. The Morgan fingerprint density at radius 1 is 0.957 bits per heavy atom. The quantitative estimate of drug-likeness (QED) is 0.489. The van der Waals surface area contributed by atoms with Gasteiger partial charge in [0.1, 0.15) is 0 Å². The Kier molecular flexibility index (Phi) is 8.20. The summed E-state index contributed by atoms with van der Waals surface area (Å²) in [4.78, 5) is 32.9. The van der Waals surface area contributed by atoms with Crippen LogP contribution in [0.5, 0.6) is 0 Å². The topological polar surface area (TPSA) is 122 Å². The van der Waals surface area contributed by atoms with Crippen molar-refractivity contribution in [2.24, 2.45) is 5.73 Å². The van der Waals surface area contributed by atoms with Gasteiger partial charge in [-0.2, -0.15) is 0 Å². The van der Waals surface area contributed by atoms with Gasteiger partial charge in [-0.05, 0) is 30.5 Å². The van der Waals surface area contributed by atoms with Crippen LogP contribution in [0.1, 0.15) is 48.0 Å². The molecule has 0 unspecified atom stereocenters. The third-order valence-electron chi connectivity index (χ3n) is 3.29. The van der Waals surface area contributed by atoms with Crippen LogP contribution in [0.2, 0.25) is 0 Å². The van der Waals surface area contributed by atoms with Crippen LogP contribution in [-0.2, 0) is 11.3 Å². The van der Waals surface area contributed by atoms with Gasteiger partial charge in [-0.25, -0.2) is 4.79 Å². The van der Waals surface area contributed by atoms with Crippen molar-refractivity contribution in [3.8, 4) is 0 Å². The minimum Gasteiger partial charge on any atom is -0.481 e. The molecule has 0 atom stereocenters. The number of hydrogen-bond acceptors (Lipinski definition) is 3. The van der Waals surface area contributed by atoms with Gasteiger partial charge in [0.25, 0.3) is 5.91 Å². The van der Waals surface area contributed by atoms with Crippen molar-refractivity contribution in [3.63, 3.8) is 0 Å². The molecule has 0 aliphatic carbocycles. The maximum Gasteiger partial charge on any atom is 0.312 e. The third kappa shape index (κ3) is 8.45. The van der Waals surface area contributed by atoms with Crippen LogP contribution in [-0.4, -0.2) is 29.6 Å². The molecule has 1 aromatic carbocycles. The van der Waals surface area contributed by atoms with Gasteiger partial charge >= 0.3 is 12.0 Å². The van der Waals surface area contributed by atoms with E-state index in [1.807, 2.05) is 0 Å². The van der Waals surface area contributed by atoms with E-state index in [4.69, 9.17) is 10.8 Å². The summed E-state index contributed by atoms with van der Waals surface area (Å²) >= 11 is 0. The molecule has 7 heteroatoms. The lowest BCUT2D eigenvalue weighted by molar-refractivity contribution is -0.137. The van der Waals surface area contributed by atoms with E-state index in [-0.39, 0.29) is 12.3 Å². The number of carboxylic acid groups (broad SMARTS) is 1. The number of aliphatic carboxylic acids is 1. The third-order valence-corrected chi connectivity index (χ3v) is 3.29. The van der Waals surface area contributed by atoms with Crippen molar-refractivity contribution in [2.45, 2.75) is 38.6 Å². The van der Waals surface area contributed by atoms with E-state index in [0.29, 0.717) is 25.1 Å². The zero-order valence-corrected chi connectivity index (χ0v) is 13.0. The highest BCUT2D eigenvalue weighted by Crippen LogP contribution is 2.05. The summed E-state index contributed by atoms with van der Waals surface area (Å²) in [6, 6.07) is 6.32. The summed E-state index contributed by atoms with van der Waals surface area (Å²) in [5, 5.41) is 13.8. The second-order valence-corrected chi connectivity index (χ2v) is 5.23. The Morgan fingerprint density at radius 3 is 2.22 bits per heavy atom. The highest BCUT2D eigenvalue weighted by molar-refractivity contribution is 5.94. The van der Waals surface area contributed by atoms with Gasteiger partial charge in [-0.15, -0.1) is 0 Å². The normalized spacial score (nSPS) is 10.1. The Balaban J connectivity index is 2.21. The van der Waals surface area contributed by atoms with Gasteiger partial charge in [0.05, 0.1) is 0 Å². The largest absolute Gasteiger partial charge is 0.481 e. The molecule has 1 aromatic rings. The SMILES string of the molecule is NC(=O)NCc1ccc(C(=O)NCCCCCCC(=O)O)cc1. The van der Waals surface area contributed by atoms with Crippen molar-refractivity contribution < 1.29 is 19.5 Å². The second kappa shape index (κ2) is 10.2. The standard InChI is InChI=1S/C16H23N3O4/c17-16(23)19-11-12-6-8-13(9-7-12)15(22)18-10-4-2-1-3-5-14(20)21/h6-9H,1-5,10-11H2,(H,18,22)(H,20,21)(H3,17,19,23). The number of urea groups is 1. The van der Waals surface area contributed by atoms with Crippen LogP contribution < -0.4 is 16.4 Å². The number of carbonyl (C=O) groups is 3. The van der Waals surface area contributed by atoms with Crippen molar-refractivity contribution in [1.82, 2.24) is 10.6 Å². The fourth-order valence-electron chi connectivity index (χ4n) is 2.02. The molecular formula is C16H23N3O4. The molecule has 0 aliphatic rings. The van der Waals surface area contributed by atoms with Crippen LogP contribution in [0.3, 0.4) is 0 Å². The van der Waals surface area contributed by atoms with Gasteiger partial charge in [0, 0.05) is 25.1 Å². The number of benzene rings is 1. The molecule has 1 rings (SSSR count). The van der Waals surface area contributed by atoms with E-state index in [2.05, 4.69) is 10.6 Å². The van der Waals surface area contributed by atoms with Crippen molar-refractivity contribution in [3.05, 3.63) is 35.4 Å². The van der Waals surface area contributed by atoms with Crippen LogP contribution in [0.4, 0.5) is 4.79 Å². The zero-order chi connectivity index (χ0) is 17.1. The zero-order valence-electron chi connectivity index (χ0n) is 13.0. The first-order chi connectivity index (χ1) is 11.0. The first kappa shape index (κ1) is 18.5. The predicted molar refractivity (Wildman–Crippen MR) is 85.9 cm³/mol. The molecule has 0 radical (unpaired) electrons. The van der Waals surface area contributed by atoms with E-state index < -0.39 is 12.0 Å². The highest BCUT2D eigenvalue weighted by Gasteiger charge is 2.05. The predicted octanol–water partition coefficient (Wildman–Crippen LogP) is 1.62. The van der Waals surface area contributed by atoms with E-state index in [1.165, 1.54) is 0 Å².